The van der Waals surface area contributed by atoms with E-state index in [9.17, 15) is 9.59 Å². The van der Waals surface area contributed by atoms with Gasteiger partial charge in [0.2, 0.25) is 11.8 Å². The molecule has 0 aliphatic rings. The van der Waals surface area contributed by atoms with Crippen molar-refractivity contribution in [3.05, 3.63) is 104 Å². The summed E-state index contributed by atoms with van der Waals surface area (Å²) in [6.07, 6.45) is 0.386. The summed E-state index contributed by atoms with van der Waals surface area (Å²) in [5, 5.41) is 4.05. The Kier molecular flexibility index (Phi) is 10.9. The first-order valence-corrected chi connectivity index (χ1v) is 14.6. The molecule has 3 aromatic carbocycles. The van der Waals surface area contributed by atoms with Gasteiger partial charge in [0.15, 0.2) is 0 Å². The summed E-state index contributed by atoms with van der Waals surface area (Å²) in [4.78, 5) is 29.0. The second kappa shape index (κ2) is 13.7. The highest BCUT2D eigenvalue weighted by molar-refractivity contribution is 9.10. The zero-order valence-electron chi connectivity index (χ0n) is 21.1. The van der Waals surface area contributed by atoms with Gasteiger partial charge in [-0.3, -0.25) is 9.59 Å². The summed E-state index contributed by atoms with van der Waals surface area (Å²) < 4.78 is 1.01. The Labute approximate surface area is 242 Å². The van der Waals surface area contributed by atoms with Gasteiger partial charge >= 0.3 is 0 Å². The molecule has 0 saturated carbocycles. The van der Waals surface area contributed by atoms with Gasteiger partial charge in [-0.1, -0.05) is 87.7 Å². The molecule has 8 heteroatoms. The van der Waals surface area contributed by atoms with Gasteiger partial charge in [0.25, 0.3) is 0 Å². The van der Waals surface area contributed by atoms with Crippen molar-refractivity contribution in [2.75, 3.05) is 5.75 Å². The average molecular weight is 622 g/mol. The Hall–Kier alpha value is -1.99. The van der Waals surface area contributed by atoms with Crippen LogP contribution in [0.1, 0.15) is 37.5 Å². The highest BCUT2D eigenvalue weighted by Crippen LogP contribution is 2.25. The van der Waals surface area contributed by atoms with E-state index in [1.54, 1.807) is 23.1 Å². The van der Waals surface area contributed by atoms with Crippen LogP contribution in [0, 0.1) is 0 Å². The molecule has 0 bridgehead atoms. The molecule has 37 heavy (non-hydrogen) atoms. The molecule has 0 aromatic heterocycles. The Balaban J connectivity index is 1.89. The summed E-state index contributed by atoms with van der Waals surface area (Å²) in [5.41, 5.74) is 2.38. The number of carbonyl (C=O) groups excluding carboxylic acids is 2. The molecular weight excluding hydrogens is 591 g/mol. The Bertz CT molecular complexity index is 1200. The molecule has 0 fully saturated rings. The number of nitrogens with one attached hydrogen (secondary N) is 1. The molecule has 0 aliphatic heterocycles. The number of thioether (sulfide) groups is 1. The topological polar surface area (TPSA) is 49.4 Å². The van der Waals surface area contributed by atoms with Gasteiger partial charge < -0.3 is 10.2 Å². The Morgan fingerprint density at radius 1 is 0.973 bits per heavy atom. The molecule has 1 atom stereocenters. The quantitative estimate of drug-likeness (QED) is 0.254. The number of hydrogen-bond donors (Lipinski definition) is 1. The van der Waals surface area contributed by atoms with Crippen molar-refractivity contribution in [2.24, 2.45) is 0 Å². The van der Waals surface area contributed by atoms with Crippen LogP contribution in [-0.2, 0) is 28.3 Å². The molecule has 0 saturated heterocycles. The minimum Gasteiger partial charge on any atom is -0.350 e. The minimum absolute atomic E-state index is 0.127. The third-order valence-electron chi connectivity index (χ3n) is 5.53. The zero-order valence-corrected chi connectivity index (χ0v) is 25.1. The van der Waals surface area contributed by atoms with Gasteiger partial charge in [-0.25, -0.2) is 0 Å². The maximum absolute atomic E-state index is 13.7. The molecule has 0 spiro atoms. The van der Waals surface area contributed by atoms with E-state index in [0.717, 1.165) is 21.2 Å². The normalized spacial score (nSPS) is 12.2. The van der Waals surface area contributed by atoms with Crippen LogP contribution in [0.25, 0.3) is 0 Å². The second-order valence-corrected chi connectivity index (χ2v) is 12.6. The summed E-state index contributed by atoms with van der Waals surface area (Å²) >= 11 is 17.6. The van der Waals surface area contributed by atoms with E-state index >= 15 is 0 Å². The smallest absolute Gasteiger partial charge is 0.243 e. The van der Waals surface area contributed by atoms with Gasteiger partial charge in [-0.2, -0.15) is 0 Å². The molecule has 0 radical (unpaired) electrons. The molecule has 196 valence electrons. The number of halogens is 3. The van der Waals surface area contributed by atoms with Crippen LogP contribution in [0.2, 0.25) is 10.0 Å². The summed E-state index contributed by atoms with van der Waals surface area (Å²) in [7, 11) is 0. The fraction of sp³-hybridized carbons (Fsp3) is 0.310. The van der Waals surface area contributed by atoms with Crippen LogP contribution in [0.15, 0.2) is 77.3 Å². The predicted molar refractivity (Wildman–Crippen MR) is 159 cm³/mol. The van der Waals surface area contributed by atoms with Crippen LogP contribution in [-0.4, -0.2) is 34.0 Å². The minimum atomic E-state index is -0.714. The van der Waals surface area contributed by atoms with Crippen molar-refractivity contribution >= 4 is 62.7 Å². The van der Waals surface area contributed by atoms with Gasteiger partial charge in [0, 0.05) is 38.8 Å². The molecule has 2 amide bonds. The SMILES string of the molecule is CC(C)(C)NC(=O)C(Cc1ccccc1)N(Cc1ccc(Cl)cc1Cl)C(=O)CSCc1ccc(Br)cc1. The van der Waals surface area contributed by atoms with E-state index in [1.807, 2.05) is 75.4 Å². The van der Waals surface area contributed by atoms with Crippen molar-refractivity contribution < 1.29 is 9.59 Å². The monoisotopic (exact) mass is 620 g/mol. The van der Waals surface area contributed by atoms with E-state index in [-0.39, 0.29) is 24.1 Å². The van der Waals surface area contributed by atoms with Crippen LogP contribution in [0.4, 0.5) is 0 Å². The number of carbonyl (C=O) groups is 2. The molecule has 1 N–H and O–H groups in total. The molecular formula is C29H31BrCl2N2O2S. The van der Waals surface area contributed by atoms with Crippen LogP contribution >= 0.6 is 50.9 Å². The molecule has 3 aromatic rings. The van der Waals surface area contributed by atoms with Crippen molar-refractivity contribution in [2.45, 2.75) is 51.1 Å². The predicted octanol–water partition coefficient (Wildman–Crippen LogP) is 7.54. The average Bonchev–Trinajstić information content (AvgIpc) is 2.83. The van der Waals surface area contributed by atoms with Crippen LogP contribution < -0.4 is 5.32 Å². The number of benzene rings is 3. The van der Waals surface area contributed by atoms with Crippen molar-refractivity contribution in [1.82, 2.24) is 10.2 Å². The third-order valence-corrected chi connectivity index (χ3v) is 7.64. The molecule has 3 rings (SSSR count). The highest BCUT2D eigenvalue weighted by atomic mass is 79.9. The number of rotatable bonds is 10. The number of amides is 2. The van der Waals surface area contributed by atoms with E-state index < -0.39 is 11.6 Å². The lowest BCUT2D eigenvalue weighted by atomic mass is 10.0. The lowest BCUT2D eigenvalue weighted by Crippen LogP contribution is -2.54. The van der Waals surface area contributed by atoms with E-state index in [2.05, 4.69) is 21.2 Å². The summed E-state index contributed by atoms with van der Waals surface area (Å²) in [6, 6.07) is 22.3. The molecule has 4 nitrogen and oxygen atoms in total. The maximum Gasteiger partial charge on any atom is 0.243 e. The molecule has 0 aliphatic carbocycles. The molecule has 1 unspecified atom stereocenters. The Morgan fingerprint density at radius 3 is 2.27 bits per heavy atom. The lowest BCUT2D eigenvalue weighted by Gasteiger charge is -2.34. The first-order chi connectivity index (χ1) is 17.5. The Morgan fingerprint density at radius 2 is 1.65 bits per heavy atom. The van der Waals surface area contributed by atoms with E-state index in [4.69, 9.17) is 23.2 Å². The fourth-order valence-corrected chi connectivity index (χ4v) is 5.36. The van der Waals surface area contributed by atoms with Crippen molar-refractivity contribution in [3.8, 4) is 0 Å². The standard InChI is InChI=1S/C29H31BrCl2N2O2S/c1-29(2,3)33-28(36)26(15-20-7-5-4-6-8-20)34(17-22-11-14-24(31)16-25(22)32)27(35)19-37-18-21-9-12-23(30)13-10-21/h4-14,16,26H,15,17-19H2,1-3H3,(H,33,36). The summed E-state index contributed by atoms with van der Waals surface area (Å²) in [6.45, 7) is 5.99. The van der Waals surface area contributed by atoms with Crippen LogP contribution in [0.3, 0.4) is 0 Å². The number of nitrogens with zero attached hydrogens (tertiary/aromatic N) is 1. The highest BCUT2D eigenvalue weighted by Gasteiger charge is 2.32. The zero-order chi connectivity index (χ0) is 27.0. The first-order valence-electron chi connectivity index (χ1n) is 11.9. The third kappa shape index (κ3) is 9.68. The molecule has 0 heterocycles. The van der Waals surface area contributed by atoms with Crippen LogP contribution in [0.5, 0.6) is 0 Å². The second-order valence-electron chi connectivity index (χ2n) is 9.82. The van der Waals surface area contributed by atoms with Crippen molar-refractivity contribution in [1.29, 1.82) is 0 Å². The number of hydrogen-bond acceptors (Lipinski definition) is 3. The fourth-order valence-electron chi connectivity index (χ4n) is 3.76. The van der Waals surface area contributed by atoms with Crippen molar-refractivity contribution in [3.63, 3.8) is 0 Å². The summed E-state index contributed by atoms with van der Waals surface area (Å²) in [5.74, 6) is 0.590. The van der Waals surface area contributed by atoms with Gasteiger partial charge in [0.05, 0.1) is 5.75 Å². The lowest BCUT2D eigenvalue weighted by molar-refractivity contribution is -0.140. The van der Waals surface area contributed by atoms with Gasteiger partial charge in [0.1, 0.15) is 6.04 Å². The van der Waals surface area contributed by atoms with E-state index in [1.165, 1.54) is 11.8 Å². The van der Waals surface area contributed by atoms with Gasteiger partial charge in [-0.15, -0.1) is 11.8 Å². The van der Waals surface area contributed by atoms with Gasteiger partial charge in [-0.05, 0) is 61.7 Å². The first kappa shape index (κ1) is 29.6. The maximum atomic E-state index is 13.7. The van der Waals surface area contributed by atoms with E-state index in [0.29, 0.717) is 22.2 Å². The largest absolute Gasteiger partial charge is 0.350 e.